The molecule has 0 heterocycles. The molecule has 0 bridgehead atoms. The average Bonchev–Trinajstić information content (AvgIpc) is 2.20. The summed E-state index contributed by atoms with van der Waals surface area (Å²) in [7, 11) is 1.38. The second kappa shape index (κ2) is 4.41. The van der Waals surface area contributed by atoms with Crippen LogP contribution >= 0.6 is 0 Å². The summed E-state index contributed by atoms with van der Waals surface area (Å²) in [6, 6.07) is 2.98. The lowest BCUT2D eigenvalue weighted by molar-refractivity contribution is -0.107. The third kappa shape index (κ3) is 1.90. The van der Waals surface area contributed by atoms with Crippen LogP contribution in [0, 0.1) is 0 Å². The topological polar surface area (TPSA) is 63.6 Å². The van der Waals surface area contributed by atoms with Gasteiger partial charge in [0.25, 0.3) is 0 Å². The number of phenols is 1. The maximum absolute atomic E-state index is 10.5. The van der Waals surface area contributed by atoms with Crippen molar-refractivity contribution in [2.24, 2.45) is 0 Å². The molecule has 0 fully saturated rings. The van der Waals surface area contributed by atoms with Gasteiger partial charge in [0.2, 0.25) is 0 Å². The number of benzene rings is 1. The molecule has 0 aromatic heterocycles. The smallest absolute Gasteiger partial charge is 0.168 e. The van der Waals surface area contributed by atoms with Crippen LogP contribution in [0.1, 0.15) is 15.9 Å². The summed E-state index contributed by atoms with van der Waals surface area (Å²) in [4.78, 5) is 20.8. The van der Waals surface area contributed by atoms with Crippen molar-refractivity contribution in [2.75, 3.05) is 7.11 Å². The van der Waals surface area contributed by atoms with Crippen LogP contribution in [0.5, 0.6) is 11.5 Å². The van der Waals surface area contributed by atoms with Gasteiger partial charge in [0, 0.05) is 6.42 Å². The monoisotopic (exact) mass is 194 g/mol. The lowest BCUT2D eigenvalue weighted by Crippen LogP contribution is -1.93. The Kier molecular flexibility index (Phi) is 3.23. The molecule has 0 spiro atoms. The first-order chi connectivity index (χ1) is 6.72. The Morgan fingerprint density at radius 3 is 2.64 bits per heavy atom. The number of rotatable bonds is 4. The molecule has 0 radical (unpaired) electrons. The maximum atomic E-state index is 10.5. The van der Waals surface area contributed by atoms with Crippen molar-refractivity contribution in [3.05, 3.63) is 23.3 Å². The number of aldehydes is 2. The molecule has 0 aliphatic heterocycles. The van der Waals surface area contributed by atoms with E-state index in [-0.39, 0.29) is 23.5 Å². The molecule has 74 valence electrons. The Morgan fingerprint density at radius 1 is 1.43 bits per heavy atom. The van der Waals surface area contributed by atoms with Crippen molar-refractivity contribution < 1.29 is 19.4 Å². The molecule has 0 atom stereocenters. The highest BCUT2D eigenvalue weighted by Crippen LogP contribution is 2.30. The van der Waals surface area contributed by atoms with Crippen LogP contribution in [0.3, 0.4) is 0 Å². The fourth-order valence-electron chi connectivity index (χ4n) is 1.15. The Hall–Kier alpha value is -1.84. The van der Waals surface area contributed by atoms with Crippen molar-refractivity contribution in [3.63, 3.8) is 0 Å². The Balaban J connectivity index is 3.23. The lowest BCUT2D eigenvalue weighted by atomic mass is 10.1. The standard InChI is InChI=1S/C10H10O4/c1-14-9-5-7(2-3-11)4-8(6-12)10(9)13/h3-6,13H,2H2,1H3. The number of hydrogen-bond acceptors (Lipinski definition) is 4. The number of hydrogen-bond donors (Lipinski definition) is 1. The van der Waals surface area contributed by atoms with E-state index in [9.17, 15) is 14.7 Å². The van der Waals surface area contributed by atoms with Gasteiger partial charge in [0.05, 0.1) is 12.7 Å². The minimum Gasteiger partial charge on any atom is -0.504 e. The van der Waals surface area contributed by atoms with Gasteiger partial charge in [-0.2, -0.15) is 0 Å². The molecule has 0 aliphatic rings. The molecular formula is C10H10O4. The van der Waals surface area contributed by atoms with Crippen molar-refractivity contribution >= 4 is 12.6 Å². The maximum Gasteiger partial charge on any atom is 0.168 e. The van der Waals surface area contributed by atoms with E-state index in [0.29, 0.717) is 11.8 Å². The van der Waals surface area contributed by atoms with Crippen LogP contribution in [0.15, 0.2) is 12.1 Å². The third-order valence-corrected chi connectivity index (χ3v) is 1.83. The zero-order valence-electron chi connectivity index (χ0n) is 7.69. The van der Waals surface area contributed by atoms with E-state index in [2.05, 4.69) is 0 Å². The molecular weight excluding hydrogens is 184 g/mol. The van der Waals surface area contributed by atoms with Gasteiger partial charge < -0.3 is 14.6 Å². The highest BCUT2D eigenvalue weighted by atomic mass is 16.5. The summed E-state index contributed by atoms with van der Waals surface area (Å²) in [5, 5.41) is 9.44. The number of carbonyl (C=O) groups excluding carboxylic acids is 2. The Bertz CT molecular complexity index is 357. The summed E-state index contributed by atoms with van der Waals surface area (Å²) in [6.45, 7) is 0. The quantitative estimate of drug-likeness (QED) is 0.725. The van der Waals surface area contributed by atoms with Crippen LogP contribution in [-0.2, 0) is 11.2 Å². The summed E-state index contributed by atoms with van der Waals surface area (Å²) in [6.07, 6.45) is 1.43. The molecule has 0 amide bonds. The fraction of sp³-hybridized carbons (Fsp3) is 0.200. The SMILES string of the molecule is COc1cc(CC=O)cc(C=O)c1O. The first-order valence-corrected chi connectivity index (χ1v) is 4.01. The minimum absolute atomic E-state index is 0.126. The zero-order valence-corrected chi connectivity index (χ0v) is 7.69. The van der Waals surface area contributed by atoms with E-state index >= 15 is 0 Å². The Labute approximate surface area is 81.1 Å². The van der Waals surface area contributed by atoms with Crippen LogP contribution in [0.2, 0.25) is 0 Å². The summed E-state index contributed by atoms with van der Waals surface area (Å²) >= 11 is 0. The number of phenolic OH excluding ortho intramolecular Hbond substituents is 1. The van der Waals surface area contributed by atoms with Crippen molar-refractivity contribution in [2.45, 2.75) is 6.42 Å². The first-order valence-electron chi connectivity index (χ1n) is 4.01. The van der Waals surface area contributed by atoms with E-state index in [4.69, 9.17) is 4.74 Å². The first kappa shape index (κ1) is 10.2. The van der Waals surface area contributed by atoms with Gasteiger partial charge in [-0.25, -0.2) is 0 Å². The second-order valence-electron chi connectivity index (χ2n) is 2.72. The number of ether oxygens (including phenoxy) is 1. The molecule has 4 heteroatoms. The van der Waals surface area contributed by atoms with Gasteiger partial charge in [0.1, 0.15) is 6.29 Å². The molecule has 0 saturated carbocycles. The van der Waals surface area contributed by atoms with E-state index < -0.39 is 0 Å². The minimum atomic E-state index is -0.197. The predicted molar refractivity (Wildman–Crippen MR) is 49.8 cm³/mol. The van der Waals surface area contributed by atoms with Crippen molar-refractivity contribution in [1.82, 2.24) is 0 Å². The van der Waals surface area contributed by atoms with Crippen LogP contribution < -0.4 is 4.74 Å². The molecule has 1 aromatic carbocycles. The van der Waals surface area contributed by atoms with Gasteiger partial charge in [-0.3, -0.25) is 4.79 Å². The molecule has 1 rings (SSSR count). The summed E-state index contributed by atoms with van der Waals surface area (Å²) in [5.41, 5.74) is 0.762. The fourth-order valence-corrected chi connectivity index (χ4v) is 1.15. The molecule has 1 aromatic rings. The highest BCUT2D eigenvalue weighted by Gasteiger charge is 2.09. The van der Waals surface area contributed by atoms with E-state index in [0.717, 1.165) is 6.29 Å². The zero-order chi connectivity index (χ0) is 10.6. The van der Waals surface area contributed by atoms with Gasteiger partial charge in [-0.15, -0.1) is 0 Å². The molecule has 0 aliphatic carbocycles. The molecule has 0 unspecified atom stereocenters. The van der Waals surface area contributed by atoms with Crippen molar-refractivity contribution in [3.8, 4) is 11.5 Å². The molecule has 1 N–H and O–H groups in total. The van der Waals surface area contributed by atoms with Gasteiger partial charge in [0.15, 0.2) is 17.8 Å². The van der Waals surface area contributed by atoms with Crippen LogP contribution in [-0.4, -0.2) is 24.8 Å². The number of methoxy groups -OCH3 is 1. The van der Waals surface area contributed by atoms with Crippen LogP contribution in [0.4, 0.5) is 0 Å². The third-order valence-electron chi connectivity index (χ3n) is 1.83. The van der Waals surface area contributed by atoms with E-state index in [1.807, 2.05) is 0 Å². The summed E-state index contributed by atoms with van der Waals surface area (Å²) in [5.74, 6) is 0.00333. The molecule has 14 heavy (non-hydrogen) atoms. The number of carbonyl (C=O) groups is 2. The van der Waals surface area contributed by atoms with Gasteiger partial charge in [-0.05, 0) is 17.7 Å². The molecule has 0 saturated heterocycles. The van der Waals surface area contributed by atoms with Crippen molar-refractivity contribution in [1.29, 1.82) is 0 Å². The molecule has 4 nitrogen and oxygen atoms in total. The number of aromatic hydroxyl groups is 1. The largest absolute Gasteiger partial charge is 0.504 e. The van der Waals surface area contributed by atoms with E-state index in [1.165, 1.54) is 19.2 Å². The Morgan fingerprint density at radius 2 is 2.14 bits per heavy atom. The van der Waals surface area contributed by atoms with E-state index in [1.54, 1.807) is 0 Å². The van der Waals surface area contributed by atoms with Crippen LogP contribution in [0.25, 0.3) is 0 Å². The normalized spacial score (nSPS) is 9.50. The lowest BCUT2D eigenvalue weighted by Gasteiger charge is -2.07. The second-order valence-corrected chi connectivity index (χ2v) is 2.72. The van der Waals surface area contributed by atoms with Gasteiger partial charge in [-0.1, -0.05) is 0 Å². The van der Waals surface area contributed by atoms with Gasteiger partial charge >= 0.3 is 0 Å². The average molecular weight is 194 g/mol. The summed E-state index contributed by atoms with van der Waals surface area (Å²) < 4.78 is 4.85. The predicted octanol–water partition coefficient (Wildman–Crippen LogP) is 0.955. The highest BCUT2D eigenvalue weighted by molar-refractivity contribution is 5.81.